The largest absolute Gasteiger partial charge is 0.508 e. The Kier molecular flexibility index (Phi) is 5.22. The van der Waals surface area contributed by atoms with E-state index in [2.05, 4.69) is 5.32 Å². The smallest absolute Gasteiger partial charge is 0.131 e. The summed E-state index contributed by atoms with van der Waals surface area (Å²) in [6, 6.07) is 4.17. The topological polar surface area (TPSA) is 58.3 Å². The highest BCUT2D eigenvalue weighted by Crippen LogP contribution is 2.20. The Labute approximate surface area is 95.5 Å². The molecule has 1 unspecified atom stereocenters. The number of aromatic hydroxyl groups is 1. The molecule has 0 fully saturated rings. The third kappa shape index (κ3) is 3.79. The van der Waals surface area contributed by atoms with Crippen LogP contribution in [0, 0.1) is 5.82 Å². The van der Waals surface area contributed by atoms with Crippen LogP contribution in [0.4, 0.5) is 4.39 Å². The lowest BCUT2D eigenvalue weighted by Crippen LogP contribution is -2.21. The highest BCUT2D eigenvalue weighted by atomic mass is 19.1. The van der Waals surface area contributed by atoms with Crippen LogP contribution in [0.15, 0.2) is 18.2 Å². The standard InChI is InChI=1S/C12H19FN2O/c1-9(15-7-3-2-6-14)11-5-4-10(16)8-12(11)13/h4-5,8-9,15-16H,2-3,6-7,14H2,1H3. The molecule has 16 heavy (non-hydrogen) atoms. The minimum atomic E-state index is -0.376. The maximum atomic E-state index is 13.5. The van der Waals surface area contributed by atoms with Gasteiger partial charge >= 0.3 is 0 Å². The fourth-order valence-corrected chi connectivity index (χ4v) is 1.57. The second-order valence-corrected chi connectivity index (χ2v) is 3.88. The Bertz CT molecular complexity index is 331. The third-order valence-corrected chi connectivity index (χ3v) is 2.53. The van der Waals surface area contributed by atoms with E-state index in [4.69, 9.17) is 10.8 Å². The van der Waals surface area contributed by atoms with E-state index in [0.717, 1.165) is 25.5 Å². The number of benzene rings is 1. The van der Waals surface area contributed by atoms with E-state index in [9.17, 15) is 4.39 Å². The molecule has 0 aliphatic heterocycles. The number of phenolic OH excluding ortho intramolecular Hbond substituents is 1. The van der Waals surface area contributed by atoms with Crippen molar-refractivity contribution < 1.29 is 9.50 Å². The van der Waals surface area contributed by atoms with Crippen molar-refractivity contribution in [1.82, 2.24) is 5.32 Å². The van der Waals surface area contributed by atoms with Crippen molar-refractivity contribution >= 4 is 0 Å². The molecule has 1 rings (SSSR count). The average Bonchev–Trinajstić information content (AvgIpc) is 2.24. The lowest BCUT2D eigenvalue weighted by Gasteiger charge is -2.15. The number of phenols is 1. The molecule has 1 atom stereocenters. The van der Waals surface area contributed by atoms with Gasteiger partial charge in [-0.05, 0) is 38.9 Å². The van der Waals surface area contributed by atoms with Gasteiger partial charge in [0.05, 0.1) is 0 Å². The molecule has 0 aliphatic carbocycles. The lowest BCUT2D eigenvalue weighted by atomic mass is 10.1. The predicted molar refractivity (Wildman–Crippen MR) is 62.8 cm³/mol. The zero-order valence-corrected chi connectivity index (χ0v) is 9.54. The van der Waals surface area contributed by atoms with Crippen LogP contribution in [-0.2, 0) is 0 Å². The fraction of sp³-hybridized carbons (Fsp3) is 0.500. The third-order valence-electron chi connectivity index (χ3n) is 2.53. The minimum absolute atomic E-state index is 0.0448. The molecule has 0 aliphatic rings. The number of hydrogen-bond donors (Lipinski definition) is 3. The van der Waals surface area contributed by atoms with Crippen molar-refractivity contribution in [3.63, 3.8) is 0 Å². The van der Waals surface area contributed by atoms with Gasteiger partial charge in [0, 0.05) is 17.7 Å². The van der Waals surface area contributed by atoms with Crippen LogP contribution in [0.25, 0.3) is 0 Å². The highest BCUT2D eigenvalue weighted by molar-refractivity contribution is 5.29. The number of halogens is 1. The summed E-state index contributed by atoms with van der Waals surface area (Å²) in [6.07, 6.45) is 1.96. The van der Waals surface area contributed by atoms with E-state index >= 15 is 0 Å². The lowest BCUT2D eigenvalue weighted by molar-refractivity contribution is 0.463. The van der Waals surface area contributed by atoms with Gasteiger partial charge in [-0.2, -0.15) is 0 Å². The zero-order valence-electron chi connectivity index (χ0n) is 9.54. The van der Waals surface area contributed by atoms with E-state index in [1.165, 1.54) is 6.07 Å². The Hall–Kier alpha value is -1.13. The van der Waals surface area contributed by atoms with E-state index in [1.54, 1.807) is 6.07 Å². The van der Waals surface area contributed by atoms with Crippen LogP contribution < -0.4 is 11.1 Å². The molecule has 0 bridgehead atoms. The quantitative estimate of drug-likeness (QED) is 0.649. The Morgan fingerprint density at radius 3 is 2.81 bits per heavy atom. The van der Waals surface area contributed by atoms with Gasteiger partial charge in [-0.3, -0.25) is 0 Å². The number of hydrogen-bond acceptors (Lipinski definition) is 3. The van der Waals surface area contributed by atoms with Crippen molar-refractivity contribution in [2.75, 3.05) is 13.1 Å². The van der Waals surface area contributed by atoms with E-state index in [0.29, 0.717) is 12.1 Å². The summed E-state index contributed by atoms with van der Waals surface area (Å²) >= 11 is 0. The second kappa shape index (κ2) is 6.45. The summed E-state index contributed by atoms with van der Waals surface area (Å²) in [4.78, 5) is 0. The molecule has 4 N–H and O–H groups in total. The molecule has 3 nitrogen and oxygen atoms in total. The number of unbranched alkanes of at least 4 members (excludes halogenated alkanes) is 1. The highest BCUT2D eigenvalue weighted by Gasteiger charge is 2.10. The van der Waals surface area contributed by atoms with Crippen molar-refractivity contribution in [1.29, 1.82) is 0 Å². The van der Waals surface area contributed by atoms with Crippen molar-refractivity contribution in [3.8, 4) is 5.75 Å². The summed E-state index contributed by atoms with van der Waals surface area (Å²) in [5.74, 6) is -0.421. The molecule has 1 aromatic rings. The molecular formula is C12H19FN2O. The van der Waals surface area contributed by atoms with Crippen LogP contribution >= 0.6 is 0 Å². The molecule has 0 heterocycles. The Balaban J connectivity index is 2.49. The summed E-state index contributed by atoms with van der Waals surface area (Å²) in [5, 5.41) is 12.3. The van der Waals surface area contributed by atoms with Gasteiger partial charge < -0.3 is 16.2 Å². The molecule has 1 aromatic carbocycles. The van der Waals surface area contributed by atoms with E-state index in [-0.39, 0.29) is 17.6 Å². The number of rotatable bonds is 6. The summed E-state index contributed by atoms with van der Waals surface area (Å²) in [6.45, 7) is 3.40. The fourth-order valence-electron chi connectivity index (χ4n) is 1.57. The van der Waals surface area contributed by atoms with Gasteiger partial charge in [0.2, 0.25) is 0 Å². The SMILES string of the molecule is CC(NCCCCN)c1ccc(O)cc1F. The van der Waals surface area contributed by atoms with E-state index in [1.807, 2.05) is 6.92 Å². The average molecular weight is 226 g/mol. The van der Waals surface area contributed by atoms with Crippen LogP contribution in [0.3, 0.4) is 0 Å². The first kappa shape index (κ1) is 12.9. The molecular weight excluding hydrogens is 207 g/mol. The summed E-state index contributed by atoms with van der Waals surface area (Å²) in [7, 11) is 0. The molecule has 0 aromatic heterocycles. The van der Waals surface area contributed by atoms with Crippen LogP contribution in [0.2, 0.25) is 0 Å². The Morgan fingerprint density at radius 2 is 2.19 bits per heavy atom. The zero-order chi connectivity index (χ0) is 12.0. The monoisotopic (exact) mass is 226 g/mol. The maximum absolute atomic E-state index is 13.5. The van der Waals surface area contributed by atoms with Crippen molar-refractivity contribution in [2.24, 2.45) is 5.73 Å². The van der Waals surface area contributed by atoms with Gasteiger partial charge in [0.1, 0.15) is 11.6 Å². The van der Waals surface area contributed by atoms with Gasteiger partial charge in [-0.15, -0.1) is 0 Å². The number of nitrogens with two attached hydrogens (primary N) is 1. The van der Waals surface area contributed by atoms with Gasteiger partial charge in [-0.1, -0.05) is 6.07 Å². The van der Waals surface area contributed by atoms with Crippen LogP contribution in [0.5, 0.6) is 5.75 Å². The molecule has 0 saturated heterocycles. The first-order chi connectivity index (χ1) is 7.65. The first-order valence-electron chi connectivity index (χ1n) is 5.57. The van der Waals surface area contributed by atoms with Crippen LogP contribution in [-0.4, -0.2) is 18.2 Å². The van der Waals surface area contributed by atoms with Gasteiger partial charge in [-0.25, -0.2) is 4.39 Å². The summed E-state index contributed by atoms with van der Waals surface area (Å²) < 4.78 is 13.5. The molecule has 0 spiro atoms. The summed E-state index contributed by atoms with van der Waals surface area (Å²) in [5.41, 5.74) is 5.96. The van der Waals surface area contributed by atoms with Gasteiger partial charge in [0.25, 0.3) is 0 Å². The Morgan fingerprint density at radius 1 is 1.44 bits per heavy atom. The normalized spacial score (nSPS) is 12.7. The van der Waals surface area contributed by atoms with E-state index < -0.39 is 0 Å². The van der Waals surface area contributed by atoms with Crippen molar-refractivity contribution in [2.45, 2.75) is 25.8 Å². The van der Waals surface area contributed by atoms with Crippen molar-refractivity contribution in [3.05, 3.63) is 29.6 Å². The minimum Gasteiger partial charge on any atom is -0.508 e. The molecule has 90 valence electrons. The predicted octanol–water partition coefficient (Wildman–Crippen LogP) is 1.92. The maximum Gasteiger partial charge on any atom is 0.131 e. The molecule has 4 heteroatoms. The van der Waals surface area contributed by atoms with Gasteiger partial charge in [0.15, 0.2) is 0 Å². The molecule has 0 radical (unpaired) electrons. The van der Waals surface area contributed by atoms with Crippen LogP contribution in [0.1, 0.15) is 31.4 Å². The molecule has 0 amide bonds. The second-order valence-electron chi connectivity index (χ2n) is 3.88. The first-order valence-corrected chi connectivity index (χ1v) is 5.57. The molecule has 0 saturated carbocycles. The number of nitrogens with one attached hydrogen (secondary N) is 1.